The van der Waals surface area contributed by atoms with E-state index in [0.717, 1.165) is 29.4 Å². The van der Waals surface area contributed by atoms with Gasteiger partial charge < -0.3 is 10.3 Å². The maximum absolute atomic E-state index is 6.24. The average molecular weight is 253 g/mol. The van der Waals surface area contributed by atoms with Gasteiger partial charge in [-0.2, -0.15) is 5.10 Å². The minimum atomic E-state index is 0.655. The molecule has 17 heavy (non-hydrogen) atoms. The second-order valence-electron chi connectivity index (χ2n) is 4.14. The average Bonchev–Trinajstić information content (AvgIpc) is 2.81. The molecule has 92 valence electrons. The van der Waals surface area contributed by atoms with E-state index in [2.05, 4.69) is 15.7 Å². The van der Waals surface area contributed by atoms with Crippen molar-refractivity contribution in [1.29, 1.82) is 0 Å². The van der Waals surface area contributed by atoms with Crippen LogP contribution in [0.5, 0.6) is 0 Å². The van der Waals surface area contributed by atoms with Crippen LogP contribution in [0.2, 0.25) is 5.02 Å². The zero-order chi connectivity index (χ0) is 12.4. The number of hydrogen-bond acceptors (Lipinski definition) is 2. The first-order chi connectivity index (χ1) is 8.13. The third kappa shape index (κ3) is 2.37. The number of halogens is 1. The first-order valence-corrected chi connectivity index (χ1v) is 6.03. The molecule has 0 saturated carbocycles. The lowest BCUT2D eigenvalue weighted by molar-refractivity contribution is 0.647. The predicted octanol–water partition coefficient (Wildman–Crippen LogP) is 1.73. The molecule has 0 unspecified atom stereocenters. The van der Waals surface area contributed by atoms with Crippen LogP contribution in [0.15, 0.2) is 18.3 Å². The zero-order valence-electron chi connectivity index (χ0n) is 10.2. The molecule has 0 aromatic carbocycles. The Labute approximate surface area is 106 Å². The van der Waals surface area contributed by atoms with Gasteiger partial charge in [0.15, 0.2) is 0 Å². The predicted molar refractivity (Wildman–Crippen MR) is 69.2 cm³/mol. The largest absolute Gasteiger partial charge is 0.345 e. The molecule has 2 N–H and O–H groups in total. The molecule has 0 bridgehead atoms. The van der Waals surface area contributed by atoms with E-state index in [-0.39, 0.29) is 0 Å². The van der Waals surface area contributed by atoms with Crippen molar-refractivity contribution in [2.75, 3.05) is 6.54 Å². The molecule has 0 fully saturated rings. The smallest absolute Gasteiger partial charge is 0.0865 e. The van der Waals surface area contributed by atoms with Crippen molar-refractivity contribution in [2.24, 2.45) is 12.8 Å². The molecule has 0 aliphatic carbocycles. The second-order valence-corrected chi connectivity index (χ2v) is 4.51. The number of hydrogen-bond donors (Lipinski definition) is 1. The van der Waals surface area contributed by atoms with Crippen LogP contribution in [-0.2, 0) is 20.0 Å². The van der Waals surface area contributed by atoms with Gasteiger partial charge in [-0.15, -0.1) is 0 Å². The monoisotopic (exact) mass is 252 g/mol. The molecule has 0 spiro atoms. The summed E-state index contributed by atoms with van der Waals surface area (Å²) in [4.78, 5) is 0. The van der Waals surface area contributed by atoms with Crippen LogP contribution >= 0.6 is 11.6 Å². The van der Waals surface area contributed by atoms with Gasteiger partial charge in [0.1, 0.15) is 0 Å². The van der Waals surface area contributed by atoms with Gasteiger partial charge in [-0.25, -0.2) is 0 Å². The van der Waals surface area contributed by atoms with Crippen molar-refractivity contribution >= 4 is 11.6 Å². The molecule has 0 aliphatic heterocycles. The third-order valence-corrected chi connectivity index (χ3v) is 3.40. The van der Waals surface area contributed by atoms with Crippen molar-refractivity contribution in [3.8, 4) is 0 Å². The summed E-state index contributed by atoms with van der Waals surface area (Å²) in [6.45, 7) is 3.31. The van der Waals surface area contributed by atoms with Crippen molar-refractivity contribution < 1.29 is 0 Å². The summed E-state index contributed by atoms with van der Waals surface area (Å²) in [6, 6.07) is 4.12. The van der Waals surface area contributed by atoms with Gasteiger partial charge in [-0.05, 0) is 32.0 Å². The fourth-order valence-electron chi connectivity index (χ4n) is 1.99. The summed E-state index contributed by atoms with van der Waals surface area (Å²) in [7, 11) is 1.92. The lowest BCUT2D eigenvalue weighted by atomic mass is 10.3. The lowest BCUT2D eigenvalue weighted by Gasteiger charge is -2.09. The van der Waals surface area contributed by atoms with Crippen molar-refractivity contribution in [3.05, 3.63) is 40.4 Å². The number of nitrogens with two attached hydrogens (primary N) is 1. The van der Waals surface area contributed by atoms with E-state index in [1.165, 1.54) is 5.69 Å². The Hall–Kier alpha value is -1.26. The highest BCUT2D eigenvalue weighted by Gasteiger charge is 2.12. The SMILES string of the molecule is Cc1nn(C)c(Cn2cccc2CCN)c1Cl. The van der Waals surface area contributed by atoms with Crippen LogP contribution in [-0.4, -0.2) is 20.9 Å². The van der Waals surface area contributed by atoms with Crippen molar-refractivity contribution in [3.63, 3.8) is 0 Å². The Bertz CT molecular complexity index is 513. The molecular formula is C12H17ClN4. The summed E-state index contributed by atoms with van der Waals surface area (Å²) in [5, 5.41) is 5.06. The summed E-state index contributed by atoms with van der Waals surface area (Å²) >= 11 is 6.24. The zero-order valence-corrected chi connectivity index (χ0v) is 10.9. The summed E-state index contributed by atoms with van der Waals surface area (Å²) < 4.78 is 4.00. The Morgan fingerprint density at radius 3 is 2.82 bits per heavy atom. The number of rotatable bonds is 4. The van der Waals surface area contributed by atoms with Gasteiger partial charge in [0.05, 0.1) is 23.0 Å². The second kappa shape index (κ2) is 4.94. The van der Waals surface area contributed by atoms with Crippen LogP contribution in [0.3, 0.4) is 0 Å². The fraction of sp³-hybridized carbons (Fsp3) is 0.417. The van der Waals surface area contributed by atoms with Gasteiger partial charge in [-0.1, -0.05) is 11.6 Å². The Morgan fingerprint density at radius 1 is 1.47 bits per heavy atom. The maximum Gasteiger partial charge on any atom is 0.0865 e. The maximum atomic E-state index is 6.24. The Kier molecular flexibility index (Phi) is 3.54. The van der Waals surface area contributed by atoms with E-state index in [1.54, 1.807) is 0 Å². The van der Waals surface area contributed by atoms with Gasteiger partial charge in [0.2, 0.25) is 0 Å². The van der Waals surface area contributed by atoms with Gasteiger partial charge in [0.25, 0.3) is 0 Å². The molecule has 0 atom stereocenters. The van der Waals surface area contributed by atoms with E-state index in [0.29, 0.717) is 6.54 Å². The first-order valence-electron chi connectivity index (χ1n) is 5.65. The number of aryl methyl sites for hydroxylation is 2. The fourth-order valence-corrected chi connectivity index (χ4v) is 2.21. The molecule has 4 nitrogen and oxygen atoms in total. The molecule has 0 amide bonds. The minimum absolute atomic E-state index is 0.655. The quantitative estimate of drug-likeness (QED) is 0.901. The molecule has 2 rings (SSSR count). The van der Waals surface area contributed by atoms with Crippen LogP contribution in [0.25, 0.3) is 0 Å². The van der Waals surface area contributed by atoms with Gasteiger partial charge in [-0.3, -0.25) is 4.68 Å². The van der Waals surface area contributed by atoms with E-state index in [4.69, 9.17) is 17.3 Å². The molecule has 2 heterocycles. The third-order valence-electron chi connectivity index (χ3n) is 2.91. The van der Waals surface area contributed by atoms with E-state index in [1.807, 2.05) is 30.9 Å². The van der Waals surface area contributed by atoms with Gasteiger partial charge >= 0.3 is 0 Å². The van der Waals surface area contributed by atoms with E-state index >= 15 is 0 Å². The van der Waals surface area contributed by atoms with Crippen molar-refractivity contribution in [2.45, 2.75) is 19.9 Å². The summed E-state index contributed by atoms with van der Waals surface area (Å²) in [5.74, 6) is 0. The molecule has 0 aliphatic rings. The summed E-state index contributed by atoms with van der Waals surface area (Å²) in [5.41, 5.74) is 8.71. The van der Waals surface area contributed by atoms with Crippen LogP contribution in [0.1, 0.15) is 17.1 Å². The standard InChI is InChI=1S/C12H17ClN4/c1-9-12(13)11(16(2)15-9)8-17-7-3-4-10(17)5-6-14/h3-4,7H,5-6,8,14H2,1-2H3. The molecule has 0 radical (unpaired) electrons. The highest BCUT2D eigenvalue weighted by atomic mass is 35.5. The molecule has 0 saturated heterocycles. The Balaban J connectivity index is 2.28. The topological polar surface area (TPSA) is 48.8 Å². The van der Waals surface area contributed by atoms with Crippen LogP contribution < -0.4 is 5.73 Å². The van der Waals surface area contributed by atoms with E-state index < -0.39 is 0 Å². The van der Waals surface area contributed by atoms with E-state index in [9.17, 15) is 0 Å². The molecular weight excluding hydrogens is 236 g/mol. The molecule has 2 aromatic rings. The molecule has 2 aromatic heterocycles. The minimum Gasteiger partial charge on any atom is -0.345 e. The molecule has 5 heteroatoms. The highest BCUT2D eigenvalue weighted by Crippen LogP contribution is 2.21. The number of aromatic nitrogens is 3. The summed E-state index contributed by atoms with van der Waals surface area (Å²) in [6.07, 6.45) is 2.92. The Morgan fingerprint density at radius 2 is 2.24 bits per heavy atom. The highest BCUT2D eigenvalue weighted by molar-refractivity contribution is 6.31. The normalized spacial score (nSPS) is 11.1. The first kappa shape index (κ1) is 12.2. The van der Waals surface area contributed by atoms with Gasteiger partial charge in [0, 0.05) is 18.9 Å². The van der Waals surface area contributed by atoms with Crippen LogP contribution in [0, 0.1) is 6.92 Å². The van der Waals surface area contributed by atoms with Crippen LogP contribution in [0.4, 0.5) is 0 Å². The van der Waals surface area contributed by atoms with Crippen molar-refractivity contribution in [1.82, 2.24) is 14.3 Å². The number of nitrogens with zero attached hydrogens (tertiary/aromatic N) is 3. The lowest BCUT2D eigenvalue weighted by Crippen LogP contribution is -2.11.